The van der Waals surface area contributed by atoms with Gasteiger partial charge in [-0.2, -0.15) is 0 Å². The smallest absolute Gasteiger partial charge is 0.223 e. The number of nitrogens with two attached hydrogens (primary N) is 1. The summed E-state index contributed by atoms with van der Waals surface area (Å²) in [5, 5.41) is 0. The summed E-state index contributed by atoms with van der Waals surface area (Å²) in [5.41, 5.74) is 7.60. The minimum Gasteiger partial charge on any atom is -0.369 e. The van der Waals surface area contributed by atoms with Crippen LogP contribution in [0.15, 0.2) is 24.3 Å². The number of benzene rings is 1. The van der Waals surface area contributed by atoms with Gasteiger partial charge in [-0.1, -0.05) is 31.2 Å². The molecule has 2 amide bonds. The van der Waals surface area contributed by atoms with Crippen molar-refractivity contribution in [3.05, 3.63) is 35.4 Å². The topological polar surface area (TPSA) is 63.4 Å². The molecule has 0 bridgehead atoms. The summed E-state index contributed by atoms with van der Waals surface area (Å²) in [6.07, 6.45) is 1.26. The summed E-state index contributed by atoms with van der Waals surface area (Å²) in [6, 6.07) is 8.20. The molecule has 1 fully saturated rings. The van der Waals surface area contributed by atoms with Gasteiger partial charge < -0.3 is 10.6 Å². The number of primary amides is 1. The van der Waals surface area contributed by atoms with Crippen LogP contribution < -0.4 is 5.73 Å². The average Bonchev–Trinajstić information content (AvgIpc) is 2.72. The van der Waals surface area contributed by atoms with Crippen molar-refractivity contribution in [3.63, 3.8) is 0 Å². The van der Waals surface area contributed by atoms with Crippen LogP contribution in [0.3, 0.4) is 0 Å². The van der Waals surface area contributed by atoms with Crippen molar-refractivity contribution in [2.75, 3.05) is 6.54 Å². The molecule has 1 aliphatic heterocycles. The Morgan fingerprint density at radius 3 is 2.44 bits per heavy atom. The van der Waals surface area contributed by atoms with Gasteiger partial charge in [0.05, 0.1) is 5.92 Å². The maximum absolute atomic E-state index is 11.7. The second kappa shape index (κ2) is 5.21. The molecular weight excluding hydrogens is 228 g/mol. The van der Waals surface area contributed by atoms with Crippen molar-refractivity contribution in [2.45, 2.75) is 26.3 Å². The van der Waals surface area contributed by atoms with E-state index in [1.165, 1.54) is 5.56 Å². The first-order valence-corrected chi connectivity index (χ1v) is 6.25. The van der Waals surface area contributed by atoms with Gasteiger partial charge in [0, 0.05) is 19.5 Å². The fraction of sp³-hybridized carbons (Fsp3) is 0.429. The van der Waals surface area contributed by atoms with E-state index in [1.807, 2.05) is 12.1 Å². The number of amides is 2. The zero-order chi connectivity index (χ0) is 13.1. The largest absolute Gasteiger partial charge is 0.369 e. The first-order valence-electron chi connectivity index (χ1n) is 6.25. The fourth-order valence-corrected chi connectivity index (χ4v) is 2.22. The lowest BCUT2D eigenvalue weighted by atomic mass is 10.1. The van der Waals surface area contributed by atoms with Gasteiger partial charge in [-0.3, -0.25) is 9.59 Å². The molecule has 2 rings (SSSR count). The highest BCUT2D eigenvalue weighted by molar-refractivity contribution is 5.88. The third kappa shape index (κ3) is 2.70. The molecule has 1 aromatic rings. The van der Waals surface area contributed by atoms with E-state index in [4.69, 9.17) is 5.73 Å². The molecule has 18 heavy (non-hydrogen) atoms. The van der Waals surface area contributed by atoms with Gasteiger partial charge in [0.2, 0.25) is 11.8 Å². The lowest BCUT2D eigenvalue weighted by Crippen LogP contribution is -2.28. The summed E-state index contributed by atoms with van der Waals surface area (Å²) in [7, 11) is 0. The summed E-state index contributed by atoms with van der Waals surface area (Å²) in [4.78, 5) is 24.5. The molecule has 0 aliphatic carbocycles. The highest BCUT2D eigenvalue weighted by Gasteiger charge is 2.32. The Labute approximate surface area is 107 Å². The number of aryl methyl sites for hydroxylation is 1. The maximum Gasteiger partial charge on any atom is 0.223 e. The van der Waals surface area contributed by atoms with Crippen molar-refractivity contribution in [3.8, 4) is 0 Å². The van der Waals surface area contributed by atoms with E-state index in [-0.39, 0.29) is 24.2 Å². The molecule has 1 heterocycles. The van der Waals surface area contributed by atoms with Gasteiger partial charge in [-0.25, -0.2) is 0 Å². The molecule has 2 N–H and O–H groups in total. The van der Waals surface area contributed by atoms with Gasteiger partial charge >= 0.3 is 0 Å². The number of carbonyl (C=O) groups excluding carboxylic acids is 2. The van der Waals surface area contributed by atoms with Crippen LogP contribution in [0.5, 0.6) is 0 Å². The maximum atomic E-state index is 11.7. The van der Waals surface area contributed by atoms with Crippen LogP contribution in [-0.4, -0.2) is 23.3 Å². The highest BCUT2D eigenvalue weighted by Crippen LogP contribution is 2.20. The molecule has 4 nitrogen and oxygen atoms in total. The van der Waals surface area contributed by atoms with Crippen LogP contribution >= 0.6 is 0 Å². The fourth-order valence-electron chi connectivity index (χ4n) is 2.22. The molecule has 4 heteroatoms. The molecule has 1 saturated heterocycles. The van der Waals surface area contributed by atoms with Gasteiger partial charge in [-0.15, -0.1) is 0 Å². The quantitative estimate of drug-likeness (QED) is 0.864. The Morgan fingerprint density at radius 2 is 1.94 bits per heavy atom. The highest BCUT2D eigenvalue weighted by atomic mass is 16.2. The summed E-state index contributed by atoms with van der Waals surface area (Å²) < 4.78 is 0. The third-order valence-electron chi connectivity index (χ3n) is 3.42. The van der Waals surface area contributed by atoms with E-state index in [1.54, 1.807) is 4.90 Å². The molecule has 0 spiro atoms. The monoisotopic (exact) mass is 246 g/mol. The predicted molar refractivity (Wildman–Crippen MR) is 68.5 cm³/mol. The normalized spacial score (nSPS) is 19.3. The zero-order valence-electron chi connectivity index (χ0n) is 10.6. The van der Waals surface area contributed by atoms with Crippen molar-refractivity contribution < 1.29 is 9.59 Å². The standard InChI is InChI=1S/C14H18N2O2/c1-2-10-3-5-11(6-4-10)8-16-9-12(14(15)18)7-13(16)17/h3-6,12H,2,7-9H2,1H3,(H2,15,18). The van der Waals surface area contributed by atoms with Crippen molar-refractivity contribution in [1.82, 2.24) is 4.90 Å². The number of rotatable bonds is 4. The van der Waals surface area contributed by atoms with Crippen molar-refractivity contribution >= 4 is 11.8 Å². The minimum atomic E-state index is -0.382. The number of nitrogens with zero attached hydrogens (tertiary/aromatic N) is 1. The third-order valence-corrected chi connectivity index (χ3v) is 3.42. The SMILES string of the molecule is CCc1ccc(CN2CC(C(N)=O)CC2=O)cc1. The summed E-state index contributed by atoms with van der Waals surface area (Å²) in [5.74, 6) is -0.696. The van der Waals surface area contributed by atoms with Crippen LogP contribution in [0, 0.1) is 5.92 Å². The summed E-state index contributed by atoms with van der Waals surface area (Å²) in [6.45, 7) is 3.12. The van der Waals surface area contributed by atoms with Gasteiger partial charge in [0.15, 0.2) is 0 Å². The molecule has 96 valence electrons. The van der Waals surface area contributed by atoms with Crippen LogP contribution in [0.25, 0.3) is 0 Å². The number of carbonyl (C=O) groups is 2. The Hall–Kier alpha value is -1.84. The van der Waals surface area contributed by atoms with Gasteiger partial charge in [-0.05, 0) is 17.5 Å². The van der Waals surface area contributed by atoms with E-state index in [0.717, 1.165) is 12.0 Å². The van der Waals surface area contributed by atoms with Crippen LogP contribution in [-0.2, 0) is 22.6 Å². The minimum absolute atomic E-state index is 0.0124. The molecule has 1 atom stereocenters. The molecule has 1 unspecified atom stereocenters. The Bertz CT molecular complexity index is 453. The van der Waals surface area contributed by atoms with Crippen LogP contribution in [0.4, 0.5) is 0 Å². The second-order valence-corrected chi connectivity index (χ2v) is 4.75. The molecule has 0 saturated carbocycles. The number of likely N-dealkylation sites (tertiary alicyclic amines) is 1. The van der Waals surface area contributed by atoms with Crippen molar-refractivity contribution in [2.24, 2.45) is 11.7 Å². The first-order chi connectivity index (χ1) is 8.60. The van der Waals surface area contributed by atoms with Gasteiger partial charge in [0.1, 0.15) is 0 Å². The zero-order valence-corrected chi connectivity index (χ0v) is 10.6. The van der Waals surface area contributed by atoms with E-state index in [0.29, 0.717) is 13.1 Å². The average molecular weight is 246 g/mol. The molecule has 1 aliphatic rings. The van der Waals surface area contributed by atoms with Crippen LogP contribution in [0.1, 0.15) is 24.5 Å². The molecule has 1 aromatic carbocycles. The Kier molecular flexibility index (Phi) is 3.65. The predicted octanol–water partition coefficient (Wildman–Crippen LogP) is 1.08. The van der Waals surface area contributed by atoms with Crippen LogP contribution in [0.2, 0.25) is 0 Å². The first kappa shape index (κ1) is 12.6. The molecule has 0 radical (unpaired) electrons. The van der Waals surface area contributed by atoms with Crippen molar-refractivity contribution in [1.29, 1.82) is 0 Å². The summed E-state index contributed by atoms with van der Waals surface area (Å²) >= 11 is 0. The number of hydrogen-bond donors (Lipinski definition) is 1. The van der Waals surface area contributed by atoms with E-state index in [9.17, 15) is 9.59 Å². The Balaban J connectivity index is 2.01. The van der Waals surface area contributed by atoms with Gasteiger partial charge in [0.25, 0.3) is 0 Å². The lowest BCUT2D eigenvalue weighted by molar-refractivity contribution is -0.128. The molecular formula is C14H18N2O2. The lowest BCUT2D eigenvalue weighted by Gasteiger charge is -2.16. The molecule has 0 aromatic heterocycles. The number of hydrogen-bond acceptors (Lipinski definition) is 2. The van der Waals surface area contributed by atoms with E-state index >= 15 is 0 Å². The Morgan fingerprint density at radius 1 is 1.33 bits per heavy atom. The van der Waals surface area contributed by atoms with E-state index < -0.39 is 0 Å². The van der Waals surface area contributed by atoms with E-state index in [2.05, 4.69) is 19.1 Å². The second-order valence-electron chi connectivity index (χ2n) is 4.75.